The van der Waals surface area contributed by atoms with Gasteiger partial charge in [-0.2, -0.15) is 5.10 Å². The number of thiophene rings is 1. The van der Waals surface area contributed by atoms with E-state index in [-0.39, 0.29) is 35.9 Å². The summed E-state index contributed by atoms with van der Waals surface area (Å²) >= 11 is 2.92. The molecule has 0 fully saturated rings. The molecular formula is C25H24N6O3S2. The third kappa shape index (κ3) is 5.12. The molecule has 1 aromatic carbocycles. The second-order valence-electron chi connectivity index (χ2n) is 8.30. The zero-order valence-electron chi connectivity index (χ0n) is 19.7. The summed E-state index contributed by atoms with van der Waals surface area (Å²) in [5.41, 5.74) is 3.15. The van der Waals surface area contributed by atoms with Crippen molar-refractivity contribution in [1.82, 2.24) is 25.1 Å². The number of carbonyl (C=O) groups is 2. The highest BCUT2D eigenvalue weighted by Gasteiger charge is 2.33. The molecule has 0 unspecified atom stereocenters. The Morgan fingerprint density at radius 3 is 2.72 bits per heavy atom. The van der Waals surface area contributed by atoms with E-state index in [1.54, 1.807) is 40.1 Å². The second-order valence-corrected chi connectivity index (χ2v) is 10.2. The van der Waals surface area contributed by atoms with Crippen molar-refractivity contribution in [2.75, 3.05) is 5.75 Å². The number of hydrogen-bond donors (Lipinski definition) is 1. The predicted molar refractivity (Wildman–Crippen MR) is 138 cm³/mol. The molecule has 0 bridgehead atoms. The molecule has 9 nitrogen and oxygen atoms in total. The third-order valence-electron chi connectivity index (χ3n) is 5.84. The molecule has 0 spiro atoms. The number of aromatic nitrogens is 3. The summed E-state index contributed by atoms with van der Waals surface area (Å²) in [5, 5.41) is 20.0. The van der Waals surface area contributed by atoms with E-state index in [9.17, 15) is 9.59 Å². The fraction of sp³-hybridized carbons (Fsp3) is 0.240. The van der Waals surface area contributed by atoms with Crippen LogP contribution in [0.5, 0.6) is 0 Å². The van der Waals surface area contributed by atoms with Gasteiger partial charge in [0.05, 0.1) is 35.2 Å². The van der Waals surface area contributed by atoms with Gasteiger partial charge in [0, 0.05) is 13.5 Å². The average molecular weight is 521 g/mol. The van der Waals surface area contributed by atoms with Crippen LogP contribution in [0.4, 0.5) is 0 Å². The van der Waals surface area contributed by atoms with Gasteiger partial charge in [0.1, 0.15) is 0 Å². The average Bonchev–Trinajstić information content (AvgIpc) is 3.69. The predicted octanol–water partition coefficient (Wildman–Crippen LogP) is 4.18. The molecule has 5 rings (SSSR count). The quantitative estimate of drug-likeness (QED) is 0.350. The number of hydrogen-bond acceptors (Lipinski definition) is 8. The van der Waals surface area contributed by atoms with Crippen LogP contribution in [0.25, 0.3) is 0 Å². The minimum Gasteiger partial charge on any atom is -0.459 e. The van der Waals surface area contributed by atoms with Crippen molar-refractivity contribution in [3.8, 4) is 0 Å². The maximum atomic E-state index is 13.3. The summed E-state index contributed by atoms with van der Waals surface area (Å²) in [6, 6.07) is 15.4. The van der Waals surface area contributed by atoms with Crippen LogP contribution >= 0.6 is 23.1 Å². The van der Waals surface area contributed by atoms with Crippen molar-refractivity contribution in [2.45, 2.75) is 31.1 Å². The van der Waals surface area contributed by atoms with Gasteiger partial charge in [0.25, 0.3) is 11.8 Å². The van der Waals surface area contributed by atoms with Crippen molar-refractivity contribution in [3.63, 3.8) is 0 Å². The van der Waals surface area contributed by atoms with Gasteiger partial charge in [-0.15, -0.1) is 21.5 Å². The lowest BCUT2D eigenvalue weighted by Gasteiger charge is -2.22. The third-order valence-corrected chi connectivity index (χ3v) is 7.76. The fourth-order valence-electron chi connectivity index (χ4n) is 3.85. The Kier molecular flexibility index (Phi) is 7.01. The number of aryl methyl sites for hydroxylation is 1. The van der Waals surface area contributed by atoms with Crippen molar-refractivity contribution >= 4 is 40.6 Å². The molecule has 0 saturated heterocycles. The smallest absolute Gasteiger partial charge is 0.287 e. The van der Waals surface area contributed by atoms with Crippen LogP contribution in [0, 0.1) is 6.92 Å². The van der Waals surface area contributed by atoms with Crippen molar-refractivity contribution in [3.05, 3.63) is 87.8 Å². The summed E-state index contributed by atoms with van der Waals surface area (Å²) in [6.45, 7) is 2.23. The molecule has 4 heterocycles. The normalized spacial score (nSPS) is 15.2. The van der Waals surface area contributed by atoms with E-state index in [1.807, 2.05) is 24.4 Å². The Morgan fingerprint density at radius 1 is 1.17 bits per heavy atom. The Hall–Kier alpha value is -3.70. The van der Waals surface area contributed by atoms with Crippen LogP contribution in [0.15, 0.2) is 74.8 Å². The topological polar surface area (TPSA) is 106 Å². The second kappa shape index (κ2) is 10.5. The van der Waals surface area contributed by atoms with E-state index in [0.29, 0.717) is 17.4 Å². The molecule has 0 aliphatic carbocycles. The lowest BCUT2D eigenvalue weighted by molar-refractivity contribution is -0.130. The standard InChI is InChI=1S/C25H24N6O3S2/c1-16-7-9-17(10-8-16)19-13-18(21-6-4-12-35-21)29-31(19)23(32)15-36-25-28-27-22(30(25)2)14-26-24(33)20-5-3-11-34-20/h3-12,19H,13-15H2,1-2H3,(H,26,33)/t19-/m0/s1. The Morgan fingerprint density at radius 2 is 2.00 bits per heavy atom. The molecule has 11 heteroatoms. The molecule has 1 aliphatic rings. The highest BCUT2D eigenvalue weighted by Crippen LogP contribution is 2.34. The van der Waals surface area contributed by atoms with Gasteiger partial charge < -0.3 is 14.3 Å². The van der Waals surface area contributed by atoms with E-state index < -0.39 is 0 Å². The molecule has 1 N–H and O–H groups in total. The number of carbonyl (C=O) groups excluding carboxylic acids is 2. The van der Waals surface area contributed by atoms with E-state index in [4.69, 9.17) is 9.52 Å². The van der Waals surface area contributed by atoms with Gasteiger partial charge >= 0.3 is 0 Å². The monoisotopic (exact) mass is 520 g/mol. The number of hydrazone groups is 1. The number of nitrogens with one attached hydrogen (secondary N) is 1. The molecule has 0 radical (unpaired) electrons. The lowest BCUT2D eigenvalue weighted by Crippen LogP contribution is -2.28. The van der Waals surface area contributed by atoms with Crippen LogP contribution in [0.3, 0.4) is 0 Å². The van der Waals surface area contributed by atoms with E-state index in [0.717, 1.165) is 16.2 Å². The minimum atomic E-state index is -0.331. The molecule has 1 aliphatic heterocycles. The van der Waals surface area contributed by atoms with Crippen LogP contribution in [0.2, 0.25) is 0 Å². The summed E-state index contributed by atoms with van der Waals surface area (Å²) in [5.74, 6) is 0.528. The SMILES string of the molecule is Cc1ccc([C@@H]2CC(c3cccs3)=NN2C(=O)CSc2nnc(CNC(=O)c3ccco3)n2C)cc1. The summed E-state index contributed by atoms with van der Waals surface area (Å²) < 4.78 is 6.87. The highest BCUT2D eigenvalue weighted by molar-refractivity contribution is 7.99. The van der Waals surface area contributed by atoms with E-state index >= 15 is 0 Å². The zero-order chi connectivity index (χ0) is 25.1. The zero-order valence-corrected chi connectivity index (χ0v) is 21.4. The van der Waals surface area contributed by atoms with Gasteiger partial charge in [-0.25, -0.2) is 5.01 Å². The van der Waals surface area contributed by atoms with Gasteiger partial charge in [-0.05, 0) is 36.1 Å². The van der Waals surface area contributed by atoms with Crippen molar-refractivity contribution in [1.29, 1.82) is 0 Å². The first-order chi connectivity index (χ1) is 17.5. The van der Waals surface area contributed by atoms with Crippen molar-refractivity contribution in [2.24, 2.45) is 12.1 Å². The number of furan rings is 1. The Balaban J connectivity index is 1.26. The van der Waals surface area contributed by atoms with Gasteiger partial charge in [-0.1, -0.05) is 47.7 Å². The largest absolute Gasteiger partial charge is 0.459 e. The molecule has 36 heavy (non-hydrogen) atoms. The molecule has 4 aromatic rings. The summed E-state index contributed by atoms with van der Waals surface area (Å²) in [4.78, 5) is 26.5. The van der Waals surface area contributed by atoms with Crippen LogP contribution in [0.1, 0.15) is 44.8 Å². The first-order valence-corrected chi connectivity index (χ1v) is 13.2. The van der Waals surface area contributed by atoms with Gasteiger partial charge in [0.2, 0.25) is 0 Å². The van der Waals surface area contributed by atoms with E-state index in [2.05, 4.69) is 39.8 Å². The van der Waals surface area contributed by atoms with Crippen LogP contribution in [-0.2, 0) is 18.4 Å². The minimum absolute atomic E-state index is 0.104. The van der Waals surface area contributed by atoms with Crippen LogP contribution < -0.4 is 5.32 Å². The molecule has 2 amide bonds. The van der Waals surface area contributed by atoms with Crippen LogP contribution in [-0.4, -0.2) is 43.1 Å². The highest BCUT2D eigenvalue weighted by atomic mass is 32.2. The molecule has 1 atom stereocenters. The van der Waals surface area contributed by atoms with E-state index in [1.165, 1.54) is 23.6 Å². The first-order valence-electron chi connectivity index (χ1n) is 11.3. The Bertz CT molecular complexity index is 1380. The number of benzene rings is 1. The maximum absolute atomic E-state index is 13.3. The number of thioether (sulfide) groups is 1. The molecule has 0 saturated carbocycles. The molecular weight excluding hydrogens is 496 g/mol. The summed E-state index contributed by atoms with van der Waals surface area (Å²) in [6.07, 6.45) is 2.11. The number of rotatable bonds is 8. The lowest BCUT2D eigenvalue weighted by atomic mass is 10.00. The first kappa shape index (κ1) is 24.0. The number of amides is 2. The molecule has 184 valence electrons. The fourth-order valence-corrected chi connectivity index (χ4v) is 5.35. The summed E-state index contributed by atoms with van der Waals surface area (Å²) in [7, 11) is 1.80. The Labute approximate surface area is 216 Å². The van der Waals surface area contributed by atoms with Gasteiger partial charge in [0.15, 0.2) is 16.7 Å². The molecule has 3 aromatic heterocycles. The van der Waals surface area contributed by atoms with Gasteiger partial charge in [-0.3, -0.25) is 9.59 Å². The van der Waals surface area contributed by atoms with Crippen molar-refractivity contribution < 1.29 is 14.0 Å². The maximum Gasteiger partial charge on any atom is 0.287 e. The number of nitrogens with zero attached hydrogens (tertiary/aromatic N) is 5.